The number of rotatable bonds is 3. The molecule has 0 aliphatic rings. The first-order chi connectivity index (χ1) is 8.15. The summed E-state index contributed by atoms with van der Waals surface area (Å²) in [6.45, 7) is 0. The number of carbonyl (C=O) groups excluding carboxylic acids is 1. The number of nitrogens with zero attached hydrogens (tertiary/aromatic N) is 2. The zero-order valence-corrected chi connectivity index (χ0v) is 9.12. The van der Waals surface area contributed by atoms with Crippen molar-refractivity contribution in [1.82, 2.24) is 9.78 Å². The third-order valence-electron chi connectivity index (χ3n) is 2.54. The van der Waals surface area contributed by atoms with Crippen LogP contribution in [0.5, 0.6) is 0 Å². The van der Waals surface area contributed by atoms with E-state index in [2.05, 4.69) is 5.10 Å². The highest BCUT2D eigenvalue weighted by atomic mass is 16.4. The molecule has 86 valence electrons. The summed E-state index contributed by atoms with van der Waals surface area (Å²) in [6.07, 6.45) is 2.16. The van der Waals surface area contributed by atoms with Gasteiger partial charge in [-0.05, 0) is 6.07 Å². The summed E-state index contributed by atoms with van der Waals surface area (Å²) in [5.74, 6) is -1.03. The van der Waals surface area contributed by atoms with Gasteiger partial charge in [0.05, 0.1) is 11.8 Å². The van der Waals surface area contributed by atoms with E-state index < -0.39 is 5.97 Å². The van der Waals surface area contributed by atoms with Crippen LogP contribution in [0.4, 0.5) is 0 Å². The Balaban J connectivity index is 2.68. The Morgan fingerprint density at radius 2 is 2.06 bits per heavy atom. The fourth-order valence-corrected chi connectivity index (χ4v) is 1.70. The zero-order valence-electron chi connectivity index (χ0n) is 9.12. The van der Waals surface area contributed by atoms with E-state index in [9.17, 15) is 9.59 Å². The molecule has 5 nitrogen and oxygen atoms in total. The van der Waals surface area contributed by atoms with E-state index in [1.165, 1.54) is 16.9 Å². The van der Waals surface area contributed by atoms with E-state index in [4.69, 9.17) is 5.11 Å². The van der Waals surface area contributed by atoms with Gasteiger partial charge in [-0.2, -0.15) is 5.10 Å². The van der Waals surface area contributed by atoms with E-state index in [0.29, 0.717) is 23.1 Å². The maximum absolute atomic E-state index is 11.1. The summed E-state index contributed by atoms with van der Waals surface area (Å²) in [4.78, 5) is 22.0. The Labute approximate surface area is 97.3 Å². The highest BCUT2D eigenvalue weighted by molar-refractivity contribution is 5.98. The Morgan fingerprint density at radius 3 is 2.71 bits per heavy atom. The third kappa shape index (κ3) is 1.82. The van der Waals surface area contributed by atoms with Crippen LogP contribution in [-0.2, 0) is 7.05 Å². The number of aromatic nitrogens is 2. The van der Waals surface area contributed by atoms with Gasteiger partial charge in [-0.1, -0.05) is 18.2 Å². The lowest BCUT2D eigenvalue weighted by Gasteiger charge is -2.04. The van der Waals surface area contributed by atoms with Crippen LogP contribution in [0.15, 0.2) is 30.5 Å². The van der Waals surface area contributed by atoms with Crippen LogP contribution in [0.25, 0.3) is 11.1 Å². The van der Waals surface area contributed by atoms with Gasteiger partial charge in [0.2, 0.25) is 0 Å². The van der Waals surface area contributed by atoms with E-state index in [1.54, 1.807) is 25.2 Å². The van der Waals surface area contributed by atoms with Gasteiger partial charge in [-0.15, -0.1) is 0 Å². The number of carboxylic acids is 1. The molecule has 2 rings (SSSR count). The predicted octanol–water partition coefficient (Wildman–Crippen LogP) is 1.60. The average molecular weight is 230 g/mol. The van der Waals surface area contributed by atoms with Crippen molar-refractivity contribution >= 4 is 12.3 Å². The van der Waals surface area contributed by atoms with Crippen LogP contribution in [0.3, 0.4) is 0 Å². The molecule has 0 saturated carbocycles. The maximum Gasteiger partial charge on any atom is 0.336 e. The second kappa shape index (κ2) is 4.21. The molecule has 0 fully saturated rings. The van der Waals surface area contributed by atoms with Crippen molar-refractivity contribution in [1.29, 1.82) is 0 Å². The van der Waals surface area contributed by atoms with Crippen LogP contribution in [-0.4, -0.2) is 27.1 Å². The Kier molecular flexibility index (Phi) is 2.74. The van der Waals surface area contributed by atoms with Crippen molar-refractivity contribution in [3.05, 3.63) is 41.7 Å². The Hall–Kier alpha value is -2.43. The number of carbonyl (C=O) groups is 2. The van der Waals surface area contributed by atoms with Gasteiger partial charge in [-0.25, -0.2) is 4.79 Å². The van der Waals surface area contributed by atoms with Gasteiger partial charge in [0.25, 0.3) is 0 Å². The molecule has 0 aliphatic carbocycles. The minimum atomic E-state index is -1.03. The largest absolute Gasteiger partial charge is 0.478 e. The lowest BCUT2D eigenvalue weighted by atomic mass is 10.0. The molecule has 2 aromatic rings. The zero-order chi connectivity index (χ0) is 12.4. The maximum atomic E-state index is 11.1. The lowest BCUT2D eigenvalue weighted by Crippen LogP contribution is -2.01. The average Bonchev–Trinajstić information content (AvgIpc) is 2.70. The molecule has 17 heavy (non-hydrogen) atoms. The first kappa shape index (κ1) is 11.1. The monoisotopic (exact) mass is 230 g/mol. The van der Waals surface area contributed by atoms with Crippen molar-refractivity contribution in [2.24, 2.45) is 7.05 Å². The standard InChI is InChI=1S/C12H10N2O3/c1-14-11(7-15)10(6-13-14)8-4-2-3-5-9(8)12(16)17/h2-7H,1H3,(H,16,17). The molecular formula is C12H10N2O3. The molecule has 1 N–H and O–H groups in total. The van der Waals surface area contributed by atoms with Crippen molar-refractivity contribution < 1.29 is 14.7 Å². The third-order valence-corrected chi connectivity index (χ3v) is 2.54. The first-order valence-corrected chi connectivity index (χ1v) is 4.95. The fourth-order valence-electron chi connectivity index (χ4n) is 1.70. The summed E-state index contributed by atoms with van der Waals surface area (Å²) in [6, 6.07) is 6.53. The quantitative estimate of drug-likeness (QED) is 0.813. The van der Waals surface area contributed by atoms with Crippen LogP contribution < -0.4 is 0 Å². The summed E-state index contributed by atoms with van der Waals surface area (Å²) >= 11 is 0. The molecule has 0 amide bonds. The smallest absolute Gasteiger partial charge is 0.336 e. The van der Waals surface area contributed by atoms with Gasteiger partial charge >= 0.3 is 5.97 Å². The number of benzene rings is 1. The molecular weight excluding hydrogens is 220 g/mol. The highest BCUT2D eigenvalue weighted by Crippen LogP contribution is 2.25. The van der Waals surface area contributed by atoms with E-state index in [-0.39, 0.29) is 5.56 Å². The molecule has 5 heteroatoms. The van der Waals surface area contributed by atoms with Gasteiger partial charge in [-0.3, -0.25) is 9.48 Å². The normalized spacial score (nSPS) is 10.2. The van der Waals surface area contributed by atoms with E-state index >= 15 is 0 Å². The molecule has 1 aromatic heterocycles. The van der Waals surface area contributed by atoms with Crippen LogP contribution in [0.2, 0.25) is 0 Å². The minimum Gasteiger partial charge on any atom is -0.478 e. The number of aldehydes is 1. The number of aryl methyl sites for hydroxylation is 1. The highest BCUT2D eigenvalue weighted by Gasteiger charge is 2.16. The summed E-state index contributed by atoms with van der Waals surface area (Å²) < 4.78 is 1.42. The Bertz CT molecular complexity index is 587. The number of hydrogen-bond acceptors (Lipinski definition) is 3. The molecule has 0 atom stereocenters. The molecule has 0 spiro atoms. The second-order valence-electron chi connectivity index (χ2n) is 3.54. The molecule has 0 saturated heterocycles. The molecule has 0 bridgehead atoms. The van der Waals surface area contributed by atoms with E-state index in [1.807, 2.05) is 0 Å². The second-order valence-corrected chi connectivity index (χ2v) is 3.54. The molecule has 0 unspecified atom stereocenters. The van der Waals surface area contributed by atoms with Gasteiger partial charge in [0.1, 0.15) is 5.69 Å². The van der Waals surface area contributed by atoms with Crippen LogP contribution in [0.1, 0.15) is 20.8 Å². The van der Waals surface area contributed by atoms with Crippen LogP contribution >= 0.6 is 0 Å². The van der Waals surface area contributed by atoms with Crippen LogP contribution in [0, 0.1) is 0 Å². The summed E-state index contributed by atoms with van der Waals surface area (Å²) in [7, 11) is 1.64. The van der Waals surface area contributed by atoms with Crippen molar-refractivity contribution in [2.45, 2.75) is 0 Å². The topological polar surface area (TPSA) is 72.2 Å². The molecule has 1 aromatic carbocycles. The van der Waals surface area contributed by atoms with Gasteiger partial charge in [0, 0.05) is 18.2 Å². The van der Waals surface area contributed by atoms with Crippen molar-refractivity contribution in [3.8, 4) is 11.1 Å². The number of hydrogen-bond donors (Lipinski definition) is 1. The molecule has 0 radical (unpaired) electrons. The minimum absolute atomic E-state index is 0.156. The predicted molar refractivity (Wildman–Crippen MR) is 61.0 cm³/mol. The summed E-state index contributed by atoms with van der Waals surface area (Å²) in [5.41, 5.74) is 1.54. The molecule has 0 aliphatic heterocycles. The summed E-state index contributed by atoms with van der Waals surface area (Å²) in [5, 5.41) is 13.0. The SMILES string of the molecule is Cn1ncc(-c2ccccc2C(=O)O)c1C=O. The lowest BCUT2D eigenvalue weighted by molar-refractivity contribution is 0.0697. The van der Waals surface area contributed by atoms with Gasteiger partial charge < -0.3 is 5.11 Å². The first-order valence-electron chi connectivity index (χ1n) is 4.95. The van der Waals surface area contributed by atoms with Crippen molar-refractivity contribution in [3.63, 3.8) is 0 Å². The molecule has 1 heterocycles. The number of carboxylic acid groups (broad SMARTS) is 1. The van der Waals surface area contributed by atoms with Gasteiger partial charge in [0.15, 0.2) is 6.29 Å². The Morgan fingerprint density at radius 1 is 1.35 bits per heavy atom. The van der Waals surface area contributed by atoms with E-state index in [0.717, 1.165) is 0 Å². The van der Waals surface area contributed by atoms with Crippen molar-refractivity contribution in [2.75, 3.05) is 0 Å². The fraction of sp³-hybridized carbons (Fsp3) is 0.0833. The number of aromatic carboxylic acids is 1.